The lowest BCUT2D eigenvalue weighted by Gasteiger charge is -2.03. The number of fused-ring (bicyclic) bond motifs is 1. The van der Waals surface area contributed by atoms with E-state index in [4.69, 9.17) is 0 Å². The van der Waals surface area contributed by atoms with Gasteiger partial charge in [-0.15, -0.1) is 11.8 Å². The Hall–Kier alpha value is -1.22. The van der Waals surface area contributed by atoms with Gasteiger partial charge in [0.25, 0.3) is 0 Å². The molecule has 0 aliphatic carbocycles. The van der Waals surface area contributed by atoms with Gasteiger partial charge in [0.15, 0.2) is 0 Å². The van der Waals surface area contributed by atoms with Crippen LogP contribution in [0, 0.1) is 0 Å². The molecule has 3 heteroatoms. The first kappa shape index (κ1) is 11.3. The molecule has 2 heterocycles. The molecule has 0 saturated carbocycles. The fraction of sp³-hybridized carbons (Fsp3) is 0.308. The molecule has 0 aliphatic heterocycles. The Balaban J connectivity index is 2.62. The monoisotopic (exact) mass is 232 g/mol. The van der Waals surface area contributed by atoms with Gasteiger partial charge in [-0.05, 0) is 29.9 Å². The van der Waals surface area contributed by atoms with Crippen molar-refractivity contribution in [3.05, 3.63) is 36.7 Å². The molecule has 0 spiro atoms. The summed E-state index contributed by atoms with van der Waals surface area (Å²) in [7, 11) is 0. The minimum Gasteiger partial charge on any atom is -0.294 e. The molecule has 0 N–H and O–H groups in total. The number of hydrogen-bond acceptors (Lipinski definition) is 2. The van der Waals surface area contributed by atoms with Gasteiger partial charge in [0.2, 0.25) is 0 Å². The summed E-state index contributed by atoms with van der Waals surface area (Å²) in [4.78, 5) is 4.64. The number of rotatable bonds is 4. The van der Waals surface area contributed by atoms with Crippen LogP contribution in [0.4, 0.5) is 0 Å². The van der Waals surface area contributed by atoms with Crippen LogP contribution in [0.5, 0.6) is 0 Å². The van der Waals surface area contributed by atoms with E-state index in [2.05, 4.69) is 36.0 Å². The first-order valence-corrected chi connectivity index (χ1v) is 6.54. The van der Waals surface area contributed by atoms with Gasteiger partial charge < -0.3 is 0 Å². The average Bonchev–Trinajstić information content (AvgIpc) is 2.68. The molecule has 16 heavy (non-hydrogen) atoms. The van der Waals surface area contributed by atoms with E-state index in [1.807, 2.05) is 30.0 Å². The second-order valence-electron chi connectivity index (χ2n) is 3.58. The van der Waals surface area contributed by atoms with Crippen molar-refractivity contribution in [3.8, 4) is 0 Å². The molecule has 2 aromatic heterocycles. The van der Waals surface area contributed by atoms with Crippen molar-refractivity contribution < 1.29 is 0 Å². The van der Waals surface area contributed by atoms with Crippen LogP contribution in [0.2, 0.25) is 0 Å². The molecular formula is C13H16N2S. The zero-order chi connectivity index (χ0) is 11.5. The summed E-state index contributed by atoms with van der Waals surface area (Å²) < 4.78 is 2.14. The van der Waals surface area contributed by atoms with Crippen LogP contribution < -0.4 is 0 Å². The van der Waals surface area contributed by atoms with E-state index in [0.717, 1.165) is 29.1 Å². The molecule has 0 bridgehead atoms. The van der Waals surface area contributed by atoms with Gasteiger partial charge in [0, 0.05) is 6.20 Å². The van der Waals surface area contributed by atoms with Crippen LogP contribution in [-0.2, 0) is 0 Å². The topological polar surface area (TPSA) is 17.3 Å². The highest BCUT2D eigenvalue weighted by Crippen LogP contribution is 2.29. The quantitative estimate of drug-likeness (QED) is 0.744. The molecule has 2 nitrogen and oxygen atoms in total. The highest BCUT2D eigenvalue weighted by Gasteiger charge is 2.12. The van der Waals surface area contributed by atoms with Crippen molar-refractivity contribution in [2.24, 2.45) is 0 Å². The van der Waals surface area contributed by atoms with E-state index in [1.54, 1.807) is 0 Å². The van der Waals surface area contributed by atoms with Gasteiger partial charge in [0.05, 0.1) is 5.69 Å². The number of thioether (sulfide) groups is 1. The third kappa shape index (κ3) is 1.87. The van der Waals surface area contributed by atoms with Crippen molar-refractivity contribution in [1.29, 1.82) is 0 Å². The van der Waals surface area contributed by atoms with Crippen LogP contribution in [0.25, 0.3) is 11.2 Å². The van der Waals surface area contributed by atoms with E-state index >= 15 is 0 Å². The maximum atomic E-state index is 4.64. The molecule has 0 radical (unpaired) electrons. The number of imidazole rings is 1. The molecule has 2 rings (SSSR count). The van der Waals surface area contributed by atoms with Gasteiger partial charge in [-0.25, -0.2) is 4.98 Å². The summed E-state index contributed by atoms with van der Waals surface area (Å²) in [5.74, 6) is 1.05. The van der Waals surface area contributed by atoms with Gasteiger partial charge in [-0.2, -0.15) is 0 Å². The number of hydrogen-bond donors (Lipinski definition) is 0. The molecule has 0 atom stereocenters. The van der Waals surface area contributed by atoms with Crippen LogP contribution in [-0.4, -0.2) is 15.1 Å². The fourth-order valence-corrected chi connectivity index (χ4v) is 2.54. The third-order valence-electron chi connectivity index (χ3n) is 2.53. The Morgan fingerprint density at radius 3 is 2.94 bits per heavy atom. The van der Waals surface area contributed by atoms with Crippen molar-refractivity contribution in [3.63, 3.8) is 0 Å². The highest BCUT2D eigenvalue weighted by molar-refractivity contribution is 7.99. The van der Waals surface area contributed by atoms with Crippen LogP contribution in [0.15, 0.2) is 36.0 Å². The zero-order valence-electron chi connectivity index (χ0n) is 9.73. The number of allylic oxidation sites excluding steroid dienone is 1. The summed E-state index contributed by atoms with van der Waals surface area (Å²) in [6.07, 6.45) is 3.01. The summed E-state index contributed by atoms with van der Waals surface area (Å²) in [6, 6.07) is 6.08. The number of nitrogens with zero attached hydrogens (tertiary/aromatic N) is 2. The summed E-state index contributed by atoms with van der Waals surface area (Å²) >= 11 is 1.82. The molecule has 84 valence electrons. The maximum Gasteiger partial charge on any atom is 0.138 e. The zero-order valence-corrected chi connectivity index (χ0v) is 10.5. The average molecular weight is 232 g/mol. The van der Waals surface area contributed by atoms with Crippen molar-refractivity contribution in [1.82, 2.24) is 9.38 Å². The number of aromatic nitrogens is 2. The predicted octanol–water partition coefficient (Wildman–Crippen LogP) is 3.87. The smallest absolute Gasteiger partial charge is 0.138 e. The Kier molecular flexibility index (Phi) is 3.34. The third-order valence-corrected chi connectivity index (χ3v) is 3.48. The van der Waals surface area contributed by atoms with Gasteiger partial charge in [-0.3, -0.25) is 4.40 Å². The van der Waals surface area contributed by atoms with E-state index in [1.165, 1.54) is 5.03 Å². The van der Waals surface area contributed by atoms with E-state index < -0.39 is 0 Å². The van der Waals surface area contributed by atoms with Crippen molar-refractivity contribution in [2.45, 2.75) is 25.3 Å². The van der Waals surface area contributed by atoms with Crippen LogP contribution >= 0.6 is 11.8 Å². The first-order valence-electron chi connectivity index (χ1n) is 5.56. The molecule has 0 fully saturated rings. The van der Waals surface area contributed by atoms with Crippen LogP contribution in [0.1, 0.15) is 26.0 Å². The fourth-order valence-electron chi connectivity index (χ4n) is 1.65. The minimum absolute atomic E-state index is 0.946. The largest absolute Gasteiger partial charge is 0.294 e. The molecule has 0 amide bonds. The molecule has 0 unspecified atom stereocenters. The molecule has 0 aliphatic rings. The van der Waals surface area contributed by atoms with Crippen molar-refractivity contribution in [2.75, 3.05) is 5.75 Å². The molecule has 2 aromatic rings. The highest BCUT2D eigenvalue weighted by atomic mass is 32.2. The molecule has 0 saturated heterocycles. The Bertz CT molecular complexity index is 514. The predicted molar refractivity (Wildman–Crippen MR) is 70.9 cm³/mol. The normalized spacial score (nSPS) is 10.9. The summed E-state index contributed by atoms with van der Waals surface area (Å²) in [5, 5.41) is 1.21. The second kappa shape index (κ2) is 4.74. The van der Waals surface area contributed by atoms with Gasteiger partial charge >= 0.3 is 0 Å². The Morgan fingerprint density at radius 1 is 1.44 bits per heavy atom. The van der Waals surface area contributed by atoms with Gasteiger partial charge in [-0.1, -0.05) is 26.5 Å². The Labute approximate surface area is 100 Å². The van der Waals surface area contributed by atoms with Crippen molar-refractivity contribution >= 4 is 23.0 Å². The second-order valence-corrected chi connectivity index (χ2v) is 4.84. The van der Waals surface area contributed by atoms with E-state index in [-0.39, 0.29) is 0 Å². The lowest BCUT2D eigenvalue weighted by molar-refractivity contribution is 1.03. The summed E-state index contributed by atoms with van der Waals surface area (Å²) in [6.45, 7) is 8.37. The maximum absolute atomic E-state index is 4.64. The standard InChI is InChI=1S/C13H16N2S/c1-4-10(3)12-13(16-5-2)15-9-7-6-8-11(15)14-12/h6-9H,3-5H2,1-2H3. The summed E-state index contributed by atoms with van der Waals surface area (Å²) in [5.41, 5.74) is 3.17. The first-order chi connectivity index (χ1) is 7.77. The number of pyridine rings is 1. The lowest BCUT2D eigenvalue weighted by atomic mass is 10.2. The van der Waals surface area contributed by atoms with Gasteiger partial charge in [0.1, 0.15) is 10.7 Å². The van der Waals surface area contributed by atoms with E-state index in [0.29, 0.717) is 0 Å². The molecular weight excluding hydrogens is 216 g/mol. The van der Waals surface area contributed by atoms with E-state index in [9.17, 15) is 0 Å². The molecule has 0 aromatic carbocycles. The lowest BCUT2D eigenvalue weighted by Crippen LogP contribution is -1.88. The SMILES string of the molecule is C=C(CC)c1nc2ccccn2c1SCC. The Morgan fingerprint density at radius 2 is 2.25 bits per heavy atom. The van der Waals surface area contributed by atoms with Crippen LogP contribution in [0.3, 0.4) is 0 Å². The minimum atomic E-state index is 0.946.